The first kappa shape index (κ1) is 12.6. The van der Waals surface area contributed by atoms with Crippen LogP contribution in [-0.2, 0) is 4.74 Å². The largest absolute Gasteiger partial charge is 0.465 e. The van der Waals surface area contributed by atoms with Gasteiger partial charge < -0.3 is 14.5 Å². The monoisotopic (exact) mass is 252 g/mol. The summed E-state index contributed by atoms with van der Waals surface area (Å²) in [6, 6.07) is 0. The number of aromatic amines is 1. The number of rotatable bonds is 2. The van der Waals surface area contributed by atoms with E-state index >= 15 is 0 Å². The third-order valence-corrected chi connectivity index (χ3v) is 2.99. The maximum atomic E-state index is 11.7. The Morgan fingerprint density at radius 3 is 2.61 bits per heavy atom. The van der Waals surface area contributed by atoms with E-state index in [1.165, 1.54) is 13.3 Å². The molecule has 1 aliphatic rings. The lowest BCUT2D eigenvalue weighted by atomic mass is 10.3. The minimum absolute atomic E-state index is 0.0737. The Morgan fingerprint density at radius 1 is 1.39 bits per heavy atom. The highest BCUT2D eigenvalue weighted by Gasteiger charge is 2.18. The Morgan fingerprint density at radius 2 is 2.06 bits per heavy atom. The molecule has 7 nitrogen and oxygen atoms in total. The number of likely N-dealkylation sites (N-methyl/N-ethyl adjacent to an activating group) is 1. The zero-order valence-electron chi connectivity index (χ0n) is 10.5. The first-order chi connectivity index (χ1) is 8.61. The van der Waals surface area contributed by atoms with Gasteiger partial charge in [0.05, 0.1) is 13.3 Å². The summed E-state index contributed by atoms with van der Waals surface area (Å²) in [4.78, 5) is 33.9. The van der Waals surface area contributed by atoms with Gasteiger partial charge in [-0.2, -0.15) is 0 Å². The summed E-state index contributed by atoms with van der Waals surface area (Å²) in [5.74, 6) is -0.172. The molecule has 1 aromatic heterocycles. The van der Waals surface area contributed by atoms with Crippen molar-refractivity contribution in [2.45, 2.75) is 0 Å². The lowest BCUT2D eigenvalue weighted by molar-refractivity contribution is 0.0598. The molecule has 0 spiro atoms. The van der Waals surface area contributed by atoms with Crippen molar-refractivity contribution in [3.8, 4) is 0 Å². The Hall–Kier alpha value is -1.89. The number of ether oxygens (including phenoxy) is 1. The van der Waals surface area contributed by atoms with Gasteiger partial charge in [0.25, 0.3) is 5.56 Å². The number of nitrogens with one attached hydrogen (secondary N) is 1. The van der Waals surface area contributed by atoms with Gasteiger partial charge in [0.2, 0.25) is 5.95 Å². The maximum Gasteiger partial charge on any atom is 0.345 e. The van der Waals surface area contributed by atoms with E-state index in [1.807, 2.05) is 11.9 Å². The van der Waals surface area contributed by atoms with Gasteiger partial charge in [0, 0.05) is 26.2 Å². The lowest BCUT2D eigenvalue weighted by Gasteiger charge is -2.32. The molecule has 0 amide bonds. The highest BCUT2D eigenvalue weighted by molar-refractivity contribution is 5.88. The van der Waals surface area contributed by atoms with E-state index in [4.69, 9.17) is 0 Å². The number of hydrogen-bond acceptors (Lipinski definition) is 6. The molecule has 1 N–H and O–H groups in total. The van der Waals surface area contributed by atoms with E-state index in [0.29, 0.717) is 5.95 Å². The van der Waals surface area contributed by atoms with Crippen molar-refractivity contribution in [1.29, 1.82) is 0 Å². The highest BCUT2D eigenvalue weighted by Crippen LogP contribution is 2.08. The molecule has 1 aromatic rings. The van der Waals surface area contributed by atoms with E-state index in [-0.39, 0.29) is 5.56 Å². The Bertz CT molecular complexity index is 491. The number of piperazine rings is 1. The van der Waals surface area contributed by atoms with Crippen molar-refractivity contribution in [2.75, 3.05) is 45.2 Å². The zero-order chi connectivity index (χ0) is 13.1. The molecule has 0 saturated carbocycles. The van der Waals surface area contributed by atoms with Gasteiger partial charge in [-0.15, -0.1) is 0 Å². The summed E-state index contributed by atoms with van der Waals surface area (Å²) in [6.45, 7) is 3.44. The third kappa shape index (κ3) is 2.51. The smallest absolute Gasteiger partial charge is 0.345 e. The van der Waals surface area contributed by atoms with E-state index in [0.717, 1.165) is 26.2 Å². The standard InChI is InChI=1S/C11H16N4O3/c1-14-3-5-15(6-4-14)11-12-7-8(9(16)13-11)10(17)18-2/h7H,3-6H2,1-2H3,(H,12,13,16). The van der Waals surface area contributed by atoms with Crippen LogP contribution in [0.3, 0.4) is 0 Å². The second-order valence-corrected chi connectivity index (χ2v) is 4.23. The predicted octanol–water partition coefficient (Wildman–Crippen LogP) is -0.692. The molecule has 0 aromatic carbocycles. The van der Waals surface area contributed by atoms with Gasteiger partial charge in [-0.05, 0) is 7.05 Å². The minimum Gasteiger partial charge on any atom is -0.465 e. The second-order valence-electron chi connectivity index (χ2n) is 4.23. The molecule has 1 aliphatic heterocycles. The van der Waals surface area contributed by atoms with E-state index in [9.17, 15) is 9.59 Å². The predicted molar refractivity (Wildman–Crippen MR) is 65.9 cm³/mol. The maximum absolute atomic E-state index is 11.7. The van der Waals surface area contributed by atoms with E-state index in [1.54, 1.807) is 0 Å². The van der Waals surface area contributed by atoms with Crippen molar-refractivity contribution in [3.63, 3.8) is 0 Å². The van der Waals surface area contributed by atoms with Crippen LogP contribution in [0.1, 0.15) is 10.4 Å². The number of hydrogen-bond donors (Lipinski definition) is 1. The number of esters is 1. The normalized spacial score (nSPS) is 16.7. The average molecular weight is 252 g/mol. The molecule has 1 saturated heterocycles. The van der Waals surface area contributed by atoms with Crippen LogP contribution in [0.15, 0.2) is 11.0 Å². The molecular weight excluding hydrogens is 236 g/mol. The van der Waals surface area contributed by atoms with Crippen LogP contribution in [-0.4, -0.2) is 61.2 Å². The van der Waals surface area contributed by atoms with Gasteiger partial charge in [-0.3, -0.25) is 9.78 Å². The van der Waals surface area contributed by atoms with Crippen LogP contribution in [0.25, 0.3) is 0 Å². The van der Waals surface area contributed by atoms with Gasteiger partial charge in [0.1, 0.15) is 5.56 Å². The molecule has 7 heteroatoms. The van der Waals surface area contributed by atoms with Gasteiger partial charge in [0.15, 0.2) is 0 Å². The Balaban J connectivity index is 2.19. The SMILES string of the molecule is COC(=O)c1cnc(N2CCN(C)CC2)[nH]c1=O. The highest BCUT2D eigenvalue weighted by atomic mass is 16.5. The number of methoxy groups -OCH3 is 1. The van der Waals surface area contributed by atoms with Gasteiger partial charge >= 0.3 is 5.97 Å². The van der Waals surface area contributed by atoms with E-state index < -0.39 is 11.5 Å². The summed E-state index contributed by atoms with van der Waals surface area (Å²) in [5, 5.41) is 0. The van der Waals surface area contributed by atoms with Crippen LogP contribution in [0.2, 0.25) is 0 Å². The van der Waals surface area contributed by atoms with Crippen LogP contribution in [0.4, 0.5) is 5.95 Å². The average Bonchev–Trinajstić information content (AvgIpc) is 2.38. The van der Waals surface area contributed by atoms with Crippen molar-refractivity contribution in [1.82, 2.24) is 14.9 Å². The summed E-state index contributed by atoms with van der Waals surface area (Å²) in [5.41, 5.74) is -0.541. The van der Waals surface area contributed by atoms with Gasteiger partial charge in [-0.1, -0.05) is 0 Å². The molecule has 0 unspecified atom stereocenters. The van der Waals surface area contributed by atoms with Crippen molar-refractivity contribution in [3.05, 3.63) is 22.1 Å². The summed E-state index contributed by atoms with van der Waals surface area (Å²) in [6.07, 6.45) is 1.26. The molecule has 2 heterocycles. The molecule has 0 atom stereocenters. The zero-order valence-corrected chi connectivity index (χ0v) is 10.5. The number of H-pyrrole nitrogens is 1. The van der Waals surface area contributed by atoms with Crippen molar-refractivity contribution < 1.29 is 9.53 Å². The fourth-order valence-corrected chi connectivity index (χ4v) is 1.82. The molecule has 98 valence electrons. The van der Waals surface area contributed by atoms with Gasteiger partial charge in [-0.25, -0.2) is 9.78 Å². The minimum atomic E-state index is -0.673. The molecule has 18 heavy (non-hydrogen) atoms. The molecule has 2 rings (SSSR count). The number of nitrogens with zero attached hydrogens (tertiary/aromatic N) is 3. The number of carbonyl (C=O) groups is 1. The summed E-state index contributed by atoms with van der Waals surface area (Å²) < 4.78 is 4.50. The topological polar surface area (TPSA) is 78.5 Å². The van der Waals surface area contributed by atoms with Crippen LogP contribution in [0, 0.1) is 0 Å². The third-order valence-electron chi connectivity index (χ3n) is 2.99. The number of anilines is 1. The van der Waals surface area contributed by atoms with Crippen LogP contribution in [0.5, 0.6) is 0 Å². The summed E-state index contributed by atoms with van der Waals surface area (Å²) >= 11 is 0. The van der Waals surface area contributed by atoms with E-state index in [2.05, 4.69) is 19.6 Å². The summed E-state index contributed by atoms with van der Waals surface area (Å²) in [7, 11) is 3.28. The lowest BCUT2D eigenvalue weighted by Crippen LogP contribution is -2.45. The fraction of sp³-hybridized carbons (Fsp3) is 0.545. The quantitative estimate of drug-likeness (QED) is 0.702. The van der Waals surface area contributed by atoms with Crippen molar-refractivity contribution >= 4 is 11.9 Å². The molecule has 0 radical (unpaired) electrons. The first-order valence-electron chi connectivity index (χ1n) is 5.73. The molecule has 0 aliphatic carbocycles. The number of carbonyl (C=O) groups excluding carboxylic acids is 1. The molecular formula is C11H16N4O3. The fourth-order valence-electron chi connectivity index (χ4n) is 1.82. The Kier molecular flexibility index (Phi) is 3.61. The van der Waals surface area contributed by atoms with Crippen molar-refractivity contribution in [2.24, 2.45) is 0 Å². The first-order valence-corrected chi connectivity index (χ1v) is 5.73. The molecule has 0 bridgehead atoms. The van der Waals surface area contributed by atoms with Crippen LogP contribution >= 0.6 is 0 Å². The second kappa shape index (κ2) is 5.18. The number of aromatic nitrogens is 2. The van der Waals surface area contributed by atoms with Crippen LogP contribution < -0.4 is 10.5 Å². The molecule has 1 fully saturated rings. The Labute approximate surface area is 104 Å².